The van der Waals surface area contributed by atoms with Gasteiger partial charge < -0.3 is 10.1 Å². The molecule has 0 fully saturated rings. The summed E-state index contributed by atoms with van der Waals surface area (Å²) in [7, 11) is 0. The number of carbonyl (C=O) groups is 1. The van der Waals surface area contributed by atoms with Crippen molar-refractivity contribution in [3.63, 3.8) is 0 Å². The summed E-state index contributed by atoms with van der Waals surface area (Å²) in [4.78, 5) is 12.3. The van der Waals surface area contributed by atoms with Crippen molar-refractivity contribution in [2.24, 2.45) is 0 Å². The molecular weight excluding hydrogens is 357 g/mol. The van der Waals surface area contributed by atoms with E-state index in [9.17, 15) is 4.79 Å². The fourth-order valence-electron chi connectivity index (χ4n) is 2.21. The molecule has 0 heterocycles. The lowest BCUT2D eigenvalue weighted by atomic mass is 10.1. The summed E-state index contributed by atoms with van der Waals surface area (Å²) < 4.78 is 5.68. The number of hydrogen-bond donors (Lipinski definition) is 1. The lowest BCUT2D eigenvalue weighted by molar-refractivity contribution is 0.102. The Morgan fingerprint density at radius 1 is 0.880 bits per heavy atom. The fourth-order valence-corrected chi connectivity index (χ4v) is 2.51. The van der Waals surface area contributed by atoms with E-state index in [4.69, 9.17) is 27.9 Å². The lowest BCUT2D eigenvalue weighted by Gasteiger charge is -2.08. The van der Waals surface area contributed by atoms with Crippen LogP contribution in [0.1, 0.15) is 15.9 Å². The van der Waals surface area contributed by atoms with Crippen LogP contribution in [0, 0.1) is 0 Å². The Morgan fingerprint density at radius 2 is 1.60 bits per heavy atom. The second kappa shape index (κ2) is 8.06. The summed E-state index contributed by atoms with van der Waals surface area (Å²) in [5.41, 5.74) is 2.13. The van der Waals surface area contributed by atoms with Crippen LogP contribution >= 0.6 is 23.2 Å². The highest BCUT2D eigenvalue weighted by Crippen LogP contribution is 2.25. The van der Waals surface area contributed by atoms with Gasteiger partial charge in [-0.15, -0.1) is 0 Å². The Balaban J connectivity index is 1.61. The van der Waals surface area contributed by atoms with E-state index in [1.165, 1.54) is 0 Å². The molecular formula is C20H15Cl2NO2. The van der Waals surface area contributed by atoms with E-state index < -0.39 is 0 Å². The summed E-state index contributed by atoms with van der Waals surface area (Å²) in [5.74, 6) is 0.595. The Morgan fingerprint density at radius 3 is 2.28 bits per heavy atom. The molecule has 0 unspecified atom stereocenters. The molecule has 0 aromatic heterocycles. The quantitative estimate of drug-likeness (QED) is 0.612. The van der Waals surface area contributed by atoms with Crippen molar-refractivity contribution in [3.8, 4) is 5.75 Å². The highest BCUT2D eigenvalue weighted by atomic mass is 35.5. The van der Waals surface area contributed by atoms with Gasteiger partial charge in [-0.25, -0.2) is 0 Å². The molecule has 3 nitrogen and oxygen atoms in total. The minimum Gasteiger partial charge on any atom is -0.489 e. The van der Waals surface area contributed by atoms with E-state index in [0.717, 1.165) is 11.3 Å². The number of benzene rings is 3. The first kappa shape index (κ1) is 17.3. The van der Waals surface area contributed by atoms with Gasteiger partial charge in [0.15, 0.2) is 0 Å². The van der Waals surface area contributed by atoms with Gasteiger partial charge in [0.1, 0.15) is 12.4 Å². The predicted octanol–water partition coefficient (Wildman–Crippen LogP) is 5.82. The number of hydrogen-bond acceptors (Lipinski definition) is 2. The maximum atomic E-state index is 12.3. The van der Waals surface area contributed by atoms with Crippen molar-refractivity contribution in [1.29, 1.82) is 0 Å². The fraction of sp³-hybridized carbons (Fsp3) is 0.0500. The van der Waals surface area contributed by atoms with Crippen molar-refractivity contribution >= 4 is 34.8 Å². The van der Waals surface area contributed by atoms with Crippen LogP contribution in [-0.4, -0.2) is 5.91 Å². The SMILES string of the molecule is O=C(Nc1ccc(Cl)c(Cl)c1)c1ccc(COc2ccccc2)cc1. The summed E-state index contributed by atoms with van der Waals surface area (Å²) in [6.45, 7) is 0.443. The van der Waals surface area contributed by atoms with Crippen LogP contribution in [0.2, 0.25) is 10.0 Å². The average molecular weight is 372 g/mol. The van der Waals surface area contributed by atoms with Crippen molar-refractivity contribution in [1.82, 2.24) is 0 Å². The second-order valence-corrected chi connectivity index (χ2v) is 6.20. The van der Waals surface area contributed by atoms with E-state index in [1.807, 2.05) is 42.5 Å². The van der Waals surface area contributed by atoms with Gasteiger partial charge in [-0.3, -0.25) is 4.79 Å². The normalized spacial score (nSPS) is 10.3. The Bertz CT molecular complexity index is 865. The predicted molar refractivity (Wildman–Crippen MR) is 102 cm³/mol. The van der Waals surface area contributed by atoms with Gasteiger partial charge >= 0.3 is 0 Å². The van der Waals surface area contributed by atoms with Crippen LogP contribution in [0.25, 0.3) is 0 Å². The van der Waals surface area contributed by atoms with Crippen molar-refractivity contribution in [3.05, 3.63) is 94.0 Å². The molecule has 0 atom stereocenters. The first-order valence-corrected chi connectivity index (χ1v) is 8.40. The zero-order valence-corrected chi connectivity index (χ0v) is 14.7. The van der Waals surface area contributed by atoms with E-state index >= 15 is 0 Å². The molecule has 0 aliphatic carbocycles. The number of nitrogens with one attached hydrogen (secondary N) is 1. The topological polar surface area (TPSA) is 38.3 Å². The summed E-state index contributed by atoms with van der Waals surface area (Å²) in [5, 5.41) is 3.63. The largest absolute Gasteiger partial charge is 0.489 e. The van der Waals surface area contributed by atoms with E-state index in [1.54, 1.807) is 30.3 Å². The van der Waals surface area contributed by atoms with Crippen LogP contribution in [0.4, 0.5) is 5.69 Å². The number of amides is 1. The zero-order valence-electron chi connectivity index (χ0n) is 13.2. The summed E-state index contributed by atoms with van der Waals surface area (Å²) in [6.07, 6.45) is 0. The molecule has 0 saturated carbocycles. The molecule has 1 amide bonds. The highest BCUT2D eigenvalue weighted by molar-refractivity contribution is 6.42. The summed E-state index contributed by atoms with van der Waals surface area (Å²) >= 11 is 11.8. The molecule has 1 N–H and O–H groups in total. The molecule has 0 aliphatic rings. The number of para-hydroxylation sites is 1. The van der Waals surface area contributed by atoms with E-state index in [-0.39, 0.29) is 5.91 Å². The number of carbonyl (C=O) groups excluding carboxylic acids is 1. The zero-order chi connectivity index (χ0) is 17.6. The van der Waals surface area contributed by atoms with Gasteiger partial charge in [0, 0.05) is 11.3 Å². The standard InChI is InChI=1S/C20H15Cl2NO2/c21-18-11-10-16(12-19(18)22)23-20(24)15-8-6-14(7-9-15)13-25-17-4-2-1-3-5-17/h1-12H,13H2,(H,23,24). The molecule has 3 aromatic carbocycles. The van der Waals surface area contributed by atoms with Crippen molar-refractivity contribution in [2.75, 3.05) is 5.32 Å². The third-order valence-electron chi connectivity index (χ3n) is 3.54. The maximum Gasteiger partial charge on any atom is 0.255 e. The Hall–Kier alpha value is -2.49. The van der Waals surface area contributed by atoms with Crippen LogP contribution in [0.5, 0.6) is 5.75 Å². The first-order valence-electron chi connectivity index (χ1n) is 7.65. The van der Waals surface area contributed by atoms with Gasteiger partial charge in [0.25, 0.3) is 5.91 Å². The van der Waals surface area contributed by atoms with E-state index in [2.05, 4.69) is 5.32 Å². The maximum absolute atomic E-state index is 12.3. The Kier molecular flexibility index (Phi) is 5.59. The molecule has 5 heteroatoms. The lowest BCUT2D eigenvalue weighted by Crippen LogP contribution is -2.11. The van der Waals surface area contributed by atoms with Crippen LogP contribution in [-0.2, 0) is 6.61 Å². The van der Waals surface area contributed by atoms with Gasteiger partial charge in [0.05, 0.1) is 10.0 Å². The molecule has 0 radical (unpaired) electrons. The highest BCUT2D eigenvalue weighted by Gasteiger charge is 2.07. The van der Waals surface area contributed by atoms with Gasteiger partial charge in [0.2, 0.25) is 0 Å². The number of halogens is 2. The number of rotatable bonds is 5. The smallest absolute Gasteiger partial charge is 0.255 e. The molecule has 0 aliphatic heterocycles. The molecule has 0 saturated heterocycles. The molecule has 0 spiro atoms. The monoisotopic (exact) mass is 371 g/mol. The van der Waals surface area contributed by atoms with Crippen molar-refractivity contribution < 1.29 is 9.53 Å². The Labute approximate surface area is 156 Å². The minimum absolute atomic E-state index is 0.214. The van der Waals surface area contributed by atoms with Crippen molar-refractivity contribution in [2.45, 2.75) is 6.61 Å². The van der Waals surface area contributed by atoms with Crippen LogP contribution in [0.3, 0.4) is 0 Å². The third-order valence-corrected chi connectivity index (χ3v) is 4.28. The molecule has 25 heavy (non-hydrogen) atoms. The van der Waals surface area contributed by atoms with Crippen LogP contribution < -0.4 is 10.1 Å². The number of anilines is 1. The van der Waals surface area contributed by atoms with E-state index in [0.29, 0.717) is 27.9 Å². The number of ether oxygens (including phenoxy) is 1. The van der Waals surface area contributed by atoms with Gasteiger partial charge in [-0.1, -0.05) is 53.5 Å². The minimum atomic E-state index is -0.214. The average Bonchev–Trinajstić information content (AvgIpc) is 2.64. The van der Waals surface area contributed by atoms with Gasteiger partial charge in [-0.05, 0) is 48.0 Å². The molecule has 3 aromatic rings. The summed E-state index contributed by atoms with van der Waals surface area (Å²) in [6, 6.07) is 21.8. The molecule has 0 bridgehead atoms. The first-order chi connectivity index (χ1) is 12.1. The van der Waals surface area contributed by atoms with Gasteiger partial charge in [-0.2, -0.15) is 0 Å². The van der Waals surface area contributed by atoms with Crippen LogP contribution in [0.15, 0.2) is 72.8 Å². The molecule has 3 rings (SSSR count). The third kappa shape index (κ3) is 4.75. The second-order valence-electron chi connectivity index (χ2n) is 5.38. The molecule has 126 valence electrons.